The third-order valence-electron chi connectivity index (χ3n) is 3.82. The molecule has 0 radical (unpaired) electrons. The maximum Gasteiger partial charge on any atom is 0.304 e. The first-order chi connectivity index (χ1) is 13.5. The van der Waals surface area contributed by atoms with E-state index in [0.29, 0.717) is 18.8 Å². The molecule has 0 aliphatic carbocycles. The number of benzene rings is 1. The lowest BCUT2D eigenvalue weighted by Gasteiger charge is -2.07. The van der Waals surface area contributed by atoms with Crippen LogP contribution in [0.15, 0.2) is 42.6 Å². The summed E-state index contributed by atoms with van der Waals surface area (Å²) in [6, 6.07) is 9.33. The second kappa shape index (κ2) is 9.00. The van der Waals surface area contributed by atoms with Gasteiger partial charge >= 0.3 is 5.97 Å². The van der Waals surface area contributed by atoms with E-state index in [2.05, 4.69) is 20.4 Å². The summed E-state index contributed by atoms with van der Waals surface area (Å²) in [6.07, 6.45) is 2.09. The zero-order valence-corrected chi connectivity index (χ0v) is 14.9. The molecule has 0 fully saturated rings. The first-order valence-electron chi connectivity index (χ1n) is 8.59. The summed E-state index contributed by atoms with van der Waals surface area (Å²) in [5.74, 6) is -1.10. The molecule has 1 atom stereocenters. The standard InChI is InChI=1S/C18H19FN6O3/c19-16-10-14(28-8-6-13-3-1-2-7-21-13)4-5-15(16)18-22-24-25(23-18)11-12(20)9-17(26)27/h1-5,7,10,12H,6,8-9,11,20H2,(H,26,27). The zero-order chi connectivity index (χ0) is 19.9. The van der Waals surface area contributed by atoms with E-state index in [0.717, 1.165) is 10.5 Å². The third kappa shape index (κ3) is 5.30. The summed E-state index contributed by atoms with van der Waals surface area (Å²) in [4.78, 5) is 16.0. The molecule has 3 aromatic rings. The van der Waals surface area contributed by atoms with E-state index < -0.39 is 17.8 Å². The Hall–Kier alpha value is -3.40. The maximum absolute atomic E-state index is 14.4. The zero-order valence-electron chi connectivity index (χ0n) is 14.9. The van der Waals surface area contributed by atoms with Crippen molar-refractivity contribution in [2.45, 2.75) is 25.4 Å². The quantitative estimate of drug-likeness (QED) is 0.563. The van der Waals surface area contributed by atoms with Gasteiger partial charge in [0.25, 0.3) is 0 Å². The van der Waals surface area contributed by atoms with Crippen molar-refractivity contribution < 1.29 is 19.0 Å². The van der Waals surface area contributed by atoms with Crippen LogP contribution in [0.3, 0.4) is 0 Å². The summed E-state index contributed by atoms with van der Waals surface area (Å²) >= 11 is 0. The minimum Gasteiger partial charge on any atom is -0.493 e. The van der Waals surface area contributed by atoms with Gasteiger partial charge in [0.1, 0.15) is 11.6 Å². The molecule has 0 saturated carbocycles. The van der Waals surface area contributed by atoms with Gasteiger partial charge in [-0.25, -0.2) is 4.39 Å². The van der Waals surface area contributed by atoms with Gasteiger partial charge in [-0.2, -0.15) is 4.80 Å². The normalized spacial score (nSPS) is 11.9. The van der Waals surface area contributed by atoms with Crippen LogP contribution in [0.2, 0.25) is 0 Å². The van der Waals surface area contributed by atoms with E-state index in [-0.39, 0.29) is 24.4 Å². The van der Waals surface area contributed by atoms with Crippen molar-refractivity contribution in [2.24, 2.45) is 5.73 Å². The maximum atomic E-state index is 14.4. The molecule has 0 aliphatic heterocycles. The predicted molar refractivity (Wildman–Crippen MR) is 96.9 cm³/mol. The first-order valence-corrected chi connectivity index (χ1v) is 8.59. The van der Waals surface area contributed by atoms with Gasteiger partial charge in [-0.05, 0) is 29.5 Å². The van der Waals surface area contributed by atoms with E-state index in [1.807, 2.05) is 18.2 Å². The molecule has 0 aliphatic rings. The van der Waals surface area contributed by atoms with Crippen molar-refractivity contribution >= 4 is 5.97 Å². The number of aliphatic carboxylic acids is 1. The number of nitrogens with zero attached hydrogens (tertiary/aromatic N) is 5. The molecule has 3 N–H and O–H groups in total. The molecule has 3 rings (SSSR count). The highest BCUT2D eigenvalue weighted by Gasteiger charge is 2.15. The molecule has 146 valence electrons. The van der Waals surface area contributed by atoms with Gasteiger partial charge < -0.3 is 15.6 Å². The number of carboxylic acid groups (broad SMARTS) is 1. The van der Waals surface area contributed by atoms with Gasteiger partial charge in [0.15, 0.2) is 0 Å². The number of tetrazole rings is 1. The molecule has 2 heterocycles. The van der Waals surface area contributed by atoms with Crippen molar-refractivity contribution in [3.8, 4) is 17.1 Å². The highest BCUT2D eigenvalue weighted by molar-refractivity contribution is 5.67. The van der Waals surface area contributed by atoms with Crippen LogP contribution in [0.5, 0.6) is 5.75 Å². The molecule has 10 heteroatoms. The van der Waals surface area contributed by atoms with Crippen molar-refractivity contribution in [1.29, 1.82) is 0 Å². The number of pyridine rings is 1. The Kier molecular flexibility index (Phi) is 6.22. The molecule has 9 nitrogen and oxygen atoms in total. The van der Waals surface area contributed by atoms with E-state index >= 15 is 0 Å². The largest absolute Gasteiger partial charge is 0.493 e. The average Bonchev–Trinajstić information content (AvgIpc) is 3.10. The third-order valence-corrected chi connectivity index (χ3v) is 3.82. The van der Waals surface area contributed by atoms with Crippen LogP contribution in [0.4, 0.5) is 4.39 Å². The SMILES string of the molecule is NC(CC(=O)O)Cn1nnc(-c2ccc(OCCc3ccccn3)cc2F)n1. The van der Waals surface area contributed by atoms with E-state index in [1.165, 1.54) is 12.1 Å². The fraction of sp³-hybridized carbons (Fsp3) is 0.278. The van der Waals surface area contributed by atoms with Crippen LogP contribution < -0.4 is 10.5 Å². The summed E-state index contributed by atoms with van der Waals surface area (Å²) in [5.41, 5.74) is 6.74. The van der Waals surface area contributed by atoms with Crippen LogP contribution in [-0.2, 0) is 17.8 Å². The van der Waals surface area contributed by atoms with Crippen LogP contribution in [0.25, 0.3) is 11.4 Å². The highest BCUT2D eigenvalue weighted by atomic mass is 19.1. The summed E-state index contributed by atoms with van der Waals surface area (Å²) in [5, 5.41) is 20.4. The predicted octanol–water partition coefficient (Wildman–Crippen LogP) is 1.30. The van der Waals surface area contributed by atoms with E-state index in [9.17, 15) is 9.18 Å². The summed E-state index contributed by atoms with van der Waals surface area (Å²) < 4.78 is 20.0. The number of halogens is 1. The number of carbonyl (C=O) groups is 1. The fourth-order valence-corrected chi connectivity index (χ4v) is 2.51. The van der Waals surface area contributed by atoms with Crippen molar-refractivity contribution in [1.82, 2.24) is 25.2 Å². The molecule has 0 spiro atoms. The lowest BCUT2D eigenvalue weighted by Crippen LogP contribution is -2.30. The summed E-state index contributed by atoms with van der Waals surface area (Å²) in [6.45, 7) is 0.432. The molecular weight excluding hydrogens is 367 g/mol. The average molecular weight is 386 g/mol. The van der Waals surface area contributed by atoms with Crippen LogP contribution in [-0.4, -0.2) is 48.9 Å². The number of aromatic nitrogens is 5. The number of carboxylic acids is 1. The first kappa shape index (κ1) is 19.4. The molecule has 0 saturated heterocycles. The Bertz CT molecular complexity index is 934. The molecule has 0 amide bonds. The van der Waals surface area contributed by atoms with Crippen molar-refractivity contribution in [3.05, 3.63) is 54.1 Å². The second-order valence-electron chi connectivity index (χ2n) is 6.09. The Labute approximate surface area is 160 Å². The lowest BCUT2D eigenvalue weighted by molar-refractivity contribution is -0.137. The highest BCUT2D eigenvalue weighted by Crippen LogP contribution is 2.23. The van der Waals surface area contributed by atoms with E-state index in [1.54, 1.807) is 12.3 Å². The molecule has 0 bridgehead atoms. The van der Waals surface area contributed by atoms with Gasteiger partial charge in [0.05, 0.1) is 25.1 Å². The van der Waals surface area contributed by atoms with Crippen molar-refractivity contribution in [3.63, 3.8) is 0 Å². The Morgan fingerprint density at radius 1 is 1.32 bits per heavy atom. The second-order valence-corrected chi connectivity index (χ2v) is 6.09. The number of hydrogen-bond donors (Lipinski definition) is 2. The van der Waals surface area contributed by atoms with E-state index in [4.69, 9.17) is 15.6 Å². The summed E-state index contributed by atoms with van der Waals surface area (Å²) in [7, 11) is 0. The van der Waals surface area contributed by atoms with Gasteiger partial charge in [-0.3, -0.25) is 9.78 Å². The molecule has 2 aromatic heterocycles. The Balaban J connectivity index is 1.60. The number of nitrogens with two attached hydrogens (primary N) is 1. The lowest BCUT2D eigenvalue weighted by atomic mass is 10.2. The van der Waals surface area contributed by atoms with Gasteiger partial charge in [-0.15, -0.1) is 10.2 Å². The minimum atomic E-state index is -1.02. The number of ether oxygens (including phenoxy) is 1. The van der Waals surface area contributed by atoms with Gasteiger partial charge in [0.2, 0.25) is 5.82 Å². The van der Waals surface area contributed by atoms with Crippen LogP contribution >= 0.6 is 0 Å². The topological polar surface area (TPSA) is 129 Å². The molecular formula is C18H19FN6O3. The smallest absolute Gasteiger partial charge is 0.304 e. The van der Waals surface area contributed by atoms with Crippen molar-refractivity contribution in [2.75, 3.05) is 6.61 Å². The molecule has 28 heavy (non-hydrogen) atoms. The Morgan fingerprint density at radius 2 is 2.18 bits per heavy atom. The monoisotopic (exact) mass is 386 g/mol. The van der Waals surface area contributed by atoms with Gasteiger partial charge in [-0.1, -0.05) is 6.07 Å². The minimum absolute atomic E-state index is 0.0651. The van der Waals surface area contributed by atoms with Gasteiger partial charge in [0, 0.05) is 30.4 Å². The fourth-order valence-electron chi connectivity index (χ4n) is 2.51. The molecule has 1 unspecified atom stereocenters. The van der Waals surface area contributed by atoms with Crippen LogP contribution in [0, 0.1) is 5.82 Å². The van der Waals surface area contributed by atoms with Crippen LogP contribution in [0.1, 0.15) is 12.1 Å². The Morgan fingerprint density at radius 3 is 2.89 bits per heavy atom. The molecule has 1 aromatic carbocycles. The number of hydrogen-bond acceptors (Lipinski definition) is 7. The number of rotatable bonds is 9.